The first kappa shape index (κ1) is 32.0. The fourth-order valence-corrected chi connectivity index (χ4v) is 5.70. The molecule has 3 aromatic carbocycles. The van der Waals surface area contributed by atoms with Gasteiger partial charge < -0.3 is 19.5 Å². The number of fused-ring (bicyclic) bond motifs is 2. The number of likely N-dealkylation sites (tertiary alicyclic amines) is 1. The largest absolute Gasteiger partial charge is 0.486 e. The van der Waals surface area contributed by atoms with Crippen molar-refractivity contribution in [1.29, 1.82) is 0 Å². The highest BCUT2D eigenvalue weighted by Gasteiger charge is 2.35. The van der Waals surface area contributed by atoms with Gasteiger partial charge in [0.1, 0.15) is 24.0 Å². The summed E-state index contributed by atoms with van der Waals surface area (Å²) in [6.07, 6.45) is 2.14. The molecule has 0 bridgehead atoms. The van der Waals surface area contributed by atoms with E-state index >= 15 is 0 Å². The van der Waals surface area contributed by atoms with E-state index in [0.717, 1.165) is 55.1 Å². The molecule has 0 atom stereocenters. The first-order chi connectivity index (χ1) is 22.2. The van der Waals surface area contributed by atoms with E-state index in [1.165, 1.54) is 4.90 Å². The Balaban J connectivity index is 0.000000635. The molecule has 6 rings (SSSR count). The van der Waals surface area contributed by atoms with Crippen molar-refractivity contribution in [3.05, 3.63) is 95.8 Å². The molecular formula is C34H34N4O8. The number of para-hydroxylation sites is 3. The number of Topliss-reactive ketones (excluding diaryl/α,β-unsaturated/α-hetero) is 1. The molecule has 0 radical (unpaired) electrons. The summed E-state index contributed by atoms with van der Waals surface area (Å²) in [5.74, 6) is -2.01. The van der Waals surface area contributed by atoms with Gasteiger partial charge in [-0.2, -0.15) is 0 Å². The number of nitrogens with zero attached hydrogens (tertiary/aromatic N) is 4. The Hall–Kier alpha value is -5.36. The Labute approximate surface area is 264 Å². The van der Waals surface area contributed by atoms with E-state index in [1.54, 1.807) is 24.3 Å². The molecule has 238 valence electrons. The summed E-state index contributed by atoms with van der Waals surface area (Å²) in [5.41, 5.74) is 2.92. The maximum atomic E-state index is 12.8. The van der Waals surface area contributed by atoms with Gasteiger partial charge in [0.05, 0.1) is 28.7 Å². The number of piperidine rings is 1. The second kappa shape index (κ2) is 14.6. The van der Waals surface area contributed by atoms with Crippen molar-refractivity contribution in [3.8, 4) is 5.75 Å². The number of hydrogen-bond acceptors (Lipinski definition) is 8. The number of ketones is 1. The molecular weight excluding hydrogens is 592 g/mol. The van der Waals surface area contributed by atoms with E-state index in [2.05, 4.69) is 15.5 Å². The number of carbonyl (C=O) groups excluding carboxylic acids is 3. The number of amides is 2. The molecule has 0 unspecified atom stereocenters. The zero-order valence-electron chi connectivity index (χ0n) is 25.1. The summed E-state index contributed by atoms with van der Waals surface area (Å²) < 4.78 is 8.31. The fraction of sp³-hybridized carbons (Fsp3) is 0.294. The summed E-state index contributed by atoms with van der Waals surface area (Å²) in [6, 6.07) is 24.8. The van der Waals surface area contributed by atoms with E-state index in [4.69, 9.17) is 29.5 Å². The highest BCUT2D eigenvalue weighted by Crippen LogP contribution is 2.25. The smallest absolute Gasteiger partial charge is 0.414 e. The predicted molar refractivity (Wildman–Crippen MR) is 166 cm³/mol. The van der Waals surface area contributed by atoms with E-state index < -0.39 is 11.9 Å². The zero-order chi connectivity index (χ0) is 32.6. The van der Waals surface area contributed by atoms with Crippen LogP contribution in [0.5, 0.6) is 5.75 Å². The van der Waals surface area contributed by atoms with Crippen LogP contribution in [0.2, 0.25) is 0 Å². The van der Waals surface area contributed by atoms with Crippen molar-refractivity contribution in [2.24, 2.45) is 5.92 Å². The minimum Gasteiger partial charge on any atom is -0.486 e. The number of carboxylic acid groups (broad SMARTS) is 2. The molecule has 1 fully saturated rings. The number of benzene rings is 3. The van der Waals surface area contributed by atoms with Gasteiger partial charge in [0, 0.05) is 19.5 Å². The van der Waals surface area contributed by atoms with Crippen LogP contribution in [0.15, 0.2) is 78.9 Å². The summed E-state index contributed by atoms with van der Waals surface area (Å²) >= 11 is 0. The Morgan fingerprint density at radius 1 is 0.804 bits per heavy atom. The van der Waals surface area contributed by atoms with Crippen LogP contribution in [0, 0.1) is 5.92 Å². The lowest BCUT2D eigenvalue weighted by atomic mass is 9.96. The third kappa shape index (κ3) is 7.64. The van der Waals surface area contributed by atoms with Crippen molar-refractivity contribution < 1.29 is 38.9 Å². The second-order valence-electron chi connectivity index (χ2n) is 11.2. The van der Waals surface area contributed by atoms with Crippen molar-refractivity contribution in [2.45, 2.75) is 32.4 Å². The highest BCUT2D eigenvalue weighted by molar-refractivity contribution is 6.27. The number of imidazole rings is 1. The molecule has 1 aromatic heterocycles. The monoisotopic (exact) mass is 626 g/mol. The van der Waals surface area contributed by atoms with E-state index in [0.29, 0.717) is 30.2 Å². The van der Waals surface area contributed by atoms with Gasteiger partial charge in [0.2, 0.25) is 0 Å². The van der Waals surface area contributed by atoms with Gasteiger partial charge in [-0.05, 0) is 68.2 Å². The van der Waals surface area contributed by atoms with Gasteiger partial charge in [-0.1, -0.05) is 42.5 Å². The van der Waals surface area contributed by atoms with Gasteiger partial charge in [0.25, 0.3) is 11.8 Å². The topological polar surface area (TPSA) is 159 Å². The quantitative estimate of drug-likeness (QED) is 0.196. The normalized spacial score (nSPS) is 14.9. The van der Waals surface area contributed by atoms with Crippen LogP contribution >= 0.6 is 0 Å². The number of aliphatic carboxylic acids is 2. The van der Waals surface area contributed by atoms with Crippen LogP contribution < -0.4 is 4.74 Å². The highest BCUT2D eigenvalue weighted by atomic mass is 16.5. The summed E-state index contributed by atoms with van der Waals surface area (Å²) in [4.78, 5) is 64.3. The molecule has 3 heterocycles. The standard InChI is InChI=1S/C32H32N4O4.C2H2O4/c37-24(16-19-35-31(38)26-10-4-5-11-27(26)32(35)39)21-34-17-14-23(15-18-34)20-36-29-13-7-6-12-28(29)33-30(36)22-40-25-8-2-1-3-9-25;3-1(4)2(5)6/h1-13,23H,14-22H2;(H,3,4)(H,5,6). The number of aromatic nitrogens is 2. The van der Waals surface area contributed by atoms with Crippen molar-refractivity contribution >= 4 is 40.6 Å². The number of carbonyl (C=O) groups is 5. The van der Waals surface area contributed by atoms with E-state index in [1.807, 2.05) is 48.5 Å². The van der Waals surface area contributed by atoms with Gasteiger partial charge in [-0.3, -0.25) is 24.2 Å². The van der Waals surface area contributed by atoms with Gasteiger partial charge in [-0.25, -0.2) is 14.6 Å². The summed E-state index contributed by atoms with van der Waals surface area (Å²) in [6.45, 7) is 3.41. The molecule has 1 saturated heterocycles. The fourth-order valence-electron chi connectivity index (χ4n) is 5.70. The van der Waals surface area contributed by atoms with Gasteiger partial charge >= 0.3 is 11.9 Å². The Bertz CT molecular complexity index is 1700. The molecule has 4 aromatic rings. The van der Waals surface area contributed by atoms with Crippen LogP contribution in [-0.2, 0) is 27.5 Å². The number of carboxylic acids is 2. The lowest BCUT2D eigenvalue weighted by molar-refractivity contribution is -0.159. The van der Waals surface area contributed by atoms with E-state index in [9.17, 15) is 14.4 Å². The SMILES string of the molecule is O=C(CCN1C(=O)c2ccccc2C1=O)CN1CCC(Cn2c(COc3ccccc3)nc3ccccc32)CC1.O=C(O)C(=O)O. The Morgan fingerprint density at radius 3 is 2.02 bits per heavy atom. The number of rotatable bonds is 10. The lowest BCUT2D eigenvalue weighted by Gasteiger charge is -2.32. The lowest BCUT2D eigenvalue weighted by Crippen LogP contribution is -2.39. The van der Waals surface area contributed by atoms with Gasteiger partial charge in [0.15, 0.2) is 0 Å². The maximum Gasteiger partial charge on any atom is 0.414 e. The number of hydrogen-bond donors (Lipinski definition) is 2. The van der Waals surface area contributed by atoms with Crippen LogP contribution in [-0.4, -0.2) is 85.3 Å². The molecule has 12 nitrogen and oxygen atoms in total. The van der Waals surface area contributed by atoms with Gasteiger partial charge in [-0.15, -0.1) is 0 Å². The van der Waals surface area contributed by atoms with Crippen LogP contribution in [0.3, 0.4) is 0 Å². The molecule has 2 aliphatic rings. The average Bonchev–Trinajstić information content (AvgIpc) is 3.53. The molecule has 0 saturated carbocycles. The molecule has 12 heteroatoms. The minimum atomic E-state index is -1.82. The second-order valence-corrected chi connectivity index (χ2v) is 11.2. The van der Waals surface area contributed by atoms with Crippen LogP contribution in [0.4, 0.5) is 0 Å². The predicted octanol–water partition coefficient (Wildman–Crippen LogP) is 3.74. The van der Waals surface area contributed by atoms with Crippen molar-refractivity contribution in [1.82, 2.24) is 19.4 Å². The van der Waals surface area contributed by atoms with Crippen molar-refractivity contribution in [3.63, 3.8) is 0 Å². The van der Waals surface area contributed by atoms with E-state index in [-0.39, 0.29) is 30.6 Å². The first-order valence-electron chi connectivity index (χ1n) is 15.0. The summed E-state index contributed by atoms with van der Waals surface area (Å²) in [5, 5.41) is 14.8. The minimum absolute atomic E-state index is 0.0518. The maximum absolute atomic E-state index is 12.8. The van der Waals surface area contributed by atoms with Crippen molar-refractivity contribution in [2.75, 3.05) is 26.2 Å². The molecule has 2 N–H and O–H groups in total. The summed E-state index contributed by atoms with van der Waals surface area (Å²) in [7, 11) is 0. The van der Waals surface area contributed by atoms with Crippen LogP contribution in [0.1, 0.15) is 45.8 Å². The molecule has 2 amide bonds. The molecule has 0 spiro atoms. The Kier molecular flexibility index (Phi) is 10.2. The Morgan fingerprint density at radius 2 is 1.39 bits per heavy atom. The zero-order valence-corrected chi connectivity index (χ0v) is 25.1. The van der Waals surface area contributed by atoms with Crippen LogP contribution in [0.25, 0.3) is 11.0 Å². The third-order valence-corrected chi connectivity index (χ3v) is 8.07. The molecule has 46 heavy (non-hydrogen) atoms. The number of ether oxygens (including phenoxy) is 1. The molecule has 0 aliphatic carbocycles. The average molecular weight is 627 g/mol. The first-order valence-corrected chi connectivity index (χ1v) is 15.0. The third-order valence-electron chi connectivity index (χ3n) is 8.07. The number of imide groups is 1. The molecule has 2 aliphatic heterocycles.